The highest BCUT2D eigenvalue weighted by molar-refractivity contribution is 7.99. The fraction of sp³-hybridized carbons (Fsp3) is 0.182. The van der Waals surface area contributed by atoms with Crippen molar-refractivity contribution in [1.82, 2.24) is 14.8 Å². The molecule has 2 aromatic rings. The SMILES string of the molecule is Cn1c(SCC(=O)O)nnc1-c1c(Cl)cccc1[N+](=O)[O-]. The van der Waals surface area contributed by atoms with Gasteiger partial charge in [-0.25, -0.2) is 0 Å². The van der Waals surface area contributed by atoms with Crippen molar-refractivity contribution in [3.8, 4) is 11.4 Å². The number of nitro benzene ring substituents is 1. The number of nitrogens with zero attached hydrogens (tertiary/aromatic N) is 4. The molecule has 0 unspecified atom stereocenters. The molecule has 1 aromatic carbocycles. The van der Waals surface area contributed by atoms with E-state index >= 15 is 0 Å². The van der Waals surface area contributed by atoms with Crippen molar-refractivity contribution >= 4 is 35.0 Å². The van der Waals surface area contributed by atoms with Crippen molar-refractivity contribution in [2.75, 3.05) is 5.75 Å². The lowest BCUT2D eigenvalue weighted by molar-refractivity contribution is -0.384. The van der Waals surface area contributed by atoms with Gasteiger partial charge in [0.15, 0.2) is 11.0 Å². The van der Waals surface area contributed by atoms with Gasteiger partial charge in [0, 0.05) is 13.1 Å². The van der Waals surface area contributed by atoms with Crippen molar-refractivity contribution in [1.29, 1.82) is 0 Å². The number of thioether (sulfide) groups is 1. The molecule has 2 rings (SSSR count). The molecular weight excluding hydrogens is 320 g/mol. The van der Waals surface area contributed by atoms with Crippen molar-refractivity contribution < 1.29 is 14.8 Å². The van der Waals surface area contributed by atoms with Crippen LogP contribution in [0.15, 0.2) is 23.4 Å². The fourth-order valence-corrected chi connectivity index (χ4v) is 2.56. The summed E-state index contributed by atoms with van der Waals surface area (Å²) >= 11 is 7.00. The summed E-state index contributed by atoms with van der Waals surface area (Å²) in [6, 6.07) is 4.31. The Kier molecular flexibility index (Phi) is 4.43. The van der Waals surface area contributed by atoms with Crippen LogP contribution in [-0.4, -0.2) is 36.5 Å². The van der Waals surface area contributed by atoms with Gasteiger partial charge in [0.2, 0.25) is 0 Å². The van der Waals surface area contributed by atoms with Crippen LogP contribution in [0.3, 0.4) is 0 Å². The quantitative estimate of drug-likeness (QED) is 0.508. The van der Waals surface area contributed by atoms with E-state index in [4.69, 9.17) is 16.7 Å². The number of carboxylic acid groups (broad SMARTS) is 1. The Bertz CT molecular complexity index is 718. The van der Waals surface area contributed by atoms with Crippen LogP contribution in [-0.2, 0) is 11.8 Å². The summed E-state index contributed by atoms with van der Waals surface area (Å²) in [5.74, 6) is -0.968. The molecule has 1 N–H and O–H groups in total. The predicted octanol–water partition coefficient (Wildman–Crippen LogP) is 2.22. The van der Waals surface area contributed by atoms with Gasteiger partial charge in [-0.1, -0.05) is 29.4 Å². The normalized spacial score (nSPS) is 10.6. The second-order valence-electron chi connectivity index (χ2n) is 3.94. The molecule has 8 nitrogen and oxygen atoms in total. The molecule has 0 aliphatic heterocycles. The van der Waals surface area contributed by atoms with Crippen molar-refractivity contribution in [2.45, 2.75) is 5.16 Å². The maximum Gasteiger partial charge on any atom is 0.313 e. The highest BCUT2D eigenvalue weighted by Crippen LogP contribution is 2.35. The van der Waals surface area contributed by atoms with Crippen LogP contribution in [0.5, 0.6) is 0 Å². The zero-order valence-corrected chi connectivity index (χ0v) is 12.3. The standard InChI is InChI=1S/C11H9ClN4O4S/c1-15-10(13-14-11(15)21-5-8(17)18)9-6(12)3-2-4-7(9)16(19)20/h2-4H,5H2,1H3,(H,17,18). The number of nitro groups is 1. The third-order valence-electron chi connectivity index (χ3n) is 2.57. The van der Waals surface area contributed by atoms with E-state index in [2.05, 4.69) is 10.2 Å². The molecule has 0 fully saturated rings. The Morgan fingerprint density at radius 3 is 2.86 bits per heavy atom. The van der Waals surface area contributed by atoms with Gasteiger partial charge in [-0.3, -0.25) is 14.9 Å². The van der Waals surface area contributed by atoms with Gasteiger partial charge in [0.25, 0.3) is 5.69 Å². The van der Waals surface area contributed by atoms with Gasteiger partial charge in [-0.15, -0.1) is 10.2 Å². The molecule has 21 heavy (non-hydrogen) atoms. The molecule has 1 heterocycles. The lowest BCUT2D eigenvalue weighted by atomic mass is 10.1. The smallest absolute Gasteiger partial charge is 0.313 e. The largest absolute Gasteiger partial charge is 0.481 e. The Morgan fingerprint density at radius 1 is 1.52 bits per heavy atom. The van der Waals surface area contributed by atoms with Gasteiger partial charge in [0.1, 0.15) is 5.56 Å². The van der Waals surface area contributed by atoms with Gasteiger partial charge in [-0.05, 0) is 6.07 Å². The third-order valence-corrected chi connectivity index (χ3v) is 3.89. The highest BCUT2D eigenvalue weighted by Gasteiger charge is 2.24. The number of benzene rings is 1. The van der Waals surface area contributed by atoms with Crippen LogP contribution in [0.25, 0.3) is 11.4 Å². The topological polar surface area (TPSA) is 111 Å². The number of carboxylic acids is 1. The molecular formula is C11H9ClN4O4S. The van der Waals surface area contributed by atoms with Crippen LogP contribution >= 0.6 is 23.4 Å². The number of aliphatic carboxylic acids is 1. The number of carbonyl (C=O) groups is 1. The maximum absolute atomic E-state index is 11.1. The predicted molar refractivity (Wildman–Crippen MR) is 76.5 cm³/mol. The van der Waals surface area contributed by atoms with Gasteiger partial charge in [0.05, 0.1) is 15.7 Å². The Morgan fingerprint density at radius 2 is 2.24 bits per heavy atom. The van der Waals surface area contributed by atoms with E-state index in [1.807, 2.05) is 0 Å². The molecule has 110 valence electrons. The number of hydrogen-bond donors (Lipinski definition) is 1. The van der Waals surface area contributed by atoms with E-state index in [0.29, 0.717) is 5.16 Å². The summed E-state index contributed by atoms with van der Waals surface area (Å²) in [6.45, 7) is 0. The lowest BCUT2D eigenvalue weighted by Gasteiger charge is -2.05. The van der Waals surface area contributed by atoms with E-state index < -0.39 is 10.9 Å². The molecule has 0 radical (unpaired) electrons. The van der Waals surface area contributed by atoms with Gasteiger partial charge >= 0.3 is 5.97 Å². The van der Waals surface area contributed by atoms with Crippen molar-refractivity contribution in [3.63, 3.8) is 0 Å². The molecule has 0 saturated heterocycles. The first kappa shape index (κ1) is 15.3. The van der Waals surface area contributed by atoms with Crippen molar-refractivity contribution in [3.05, 3.63) is 33.3 Å². The zero-order chi connectivity index (χ0) is 15.6. The molecule has 0 bridgehead atoms. The van der Waals surface area contributed by atoms with E-state index in [1.54, 1.807) is 7.05 Å². The second kappa shape index (κ2) is 6.10. The van der Waals surface area contributed by atoms with E-state index in [0.717, 1.165) is 11.8 Å². The van der Waals surface area contributed by atoms with Crippen LogP contribution in [0.1, 0.15) is 0 Å². The first-order valence-corrected chi connectivity index (χ1v) is 6.95. The number of halogens is 1. The summed E-state index contributed by atoms with van der Waals surface area (Å²) < 4.78 is 1.47. The zero-order valence-electron chi connectivity index (χ0n) is 10.7. The first-order valence-electron chi connectivity index (χ1n) is 5.59. The summed E-state index contributed by atoms with van der Waals surface area (Å²) in [5.41, 5.74) is -0.0332. The molecule has 10 heteroatoms. The third kappa shape index (κ3) is 3.14. The molecule has 0 spiro atoms. The Hall–Kier alpha value is -2.13. The highest BCUT2D eigenvalue weighted by atomic mass is 35.5. The van der Waals surface area contributed by atoms with Crippen LogP contribution < -0.4 is 0 Å². The van der Waals surface area contributed by atoms with Crippen LogP contribution in [0, 0.1) is 10.1 Å². The minimum Gasteiger partial charge on any atom is -0.481 e. The van der Waals surface area contributed by atoms with Gasteiger partial charge in [-0.2, -0.15) is 0 Å². The second-order valence-corrected chi connectivity index (χ2v) is 5.29. The molecule has 0 aliphatic carbocycles. The van der Waals surface area contributed by atoms with Crippen molar-refractivity contribution in [2.24, 2.45) is 7.05 Å². The molecule has 1 aromatic heterocycles. The summed E-state index contributed by atoms with van der Waals surface area (Å²) in [5, 5.41) is 28.0. The first-order chi connectivity index (χ1) is 9.91. The molecule has 0 aliphatic rings. The summed E-state index contributed by atoms with van der Waals surface area (Å²) in [4.78, 5) is 21.1. The molecule has 0 atom stereocenters. The summed E-state index contributed by atoms with van der Waals surface area (Å²) in [6.07, 6.45) is 0. The lowest BCUT2D eigenvalue weighted by Crippen LogP contribution is -2.02. The summed E-state index contributed by atoms with van der Waals surface area (Å²) in [7, 11) is 1.59. The fourth-order valence-electron chi connectivity index (χ4n) is 1.67. The Balaban J connectivity index is 2.49. The molecule has 0 saturated carbocycles. The monoisotopic (exact) mass is 328 g/mol. The number of hydrogen-bond acceptors (Lipinski definition) is 6. The van der Waals surface area contributed by atoms with Crippen LogP contribution in [0.4, 0.5) is 5.69 Å². The minimum absolute atomic E-state index is 0.154. The molecule has 0 amide bonds. The number of aromatic nitrogens is 3. The van der Waals surface area contributed by atoms with E-state index in [1.165, 1.54) is 22.8 Å². The number of rotatable bonds is 5. The maximum atomic E-state index is 11.1. The average molecular weight is 329 g/mol. The minimum atomic E-state index is -0.992. The van der Waals surface area contributed by atoms with Crippen LogP contribution in [0.2, 0.25) is 5.02 Å². The Labute approximate surface area is 127 Å². The van der Waals surface area contributed by atoms with E-state index in [-0.39, 0.29) is 27.9 Å². The van der Waals surface area contributed by atoms with E-state index in [9.17, 15) is 14.9 Å². The average Bonchev–Trinajstić information content (AvgIpc) is 2.77. The van der Waals surface area contributed by atoms with Gasteiger partial charge < -0.3 is 9.67 Å².